The summed E-state index contributed by atoms with van der Waals surface area (Å²) in [6, 6.07) is 4.62. The zero-order valence-corrected chi connectivity index (χ0v) is 12.1. The van der Waals surface area contributed by atoms with Crippen LogP contribution in [0.4, 0.5) is 11.4 Å². The molecule has 110 valence electrons. The molecule has 3 N–H and O–H groups in total. The van der Waals surface area contributed by atoms with Crippen molar-refractivity contribution >= 4 is 40.5 Å². The van der Waals surface area contributed by atoms with Crippen LogP contribution in [0.15, 0.2) is 18.2 Å². The number of anilines is 1. The van der Waals surface area contributed by atoms with Crippen LogP contribution in [0.2, 0.25) is 10.0 Å². The number of hydrogen-bond donors (Lipinski definition) is 3. The molecule has 0 aliphatic carbocycles. The molecule has 1 heterocycles. The molecular formula is C11H9Cl2N5O3. The summed E-state index contributed by atoms with van der Waals surface area (Å²) in [4.78, 5) is 22.1. The average Bonchev–Trinajstić information content (AvgIpc) is 2.81. The van der Waals surface area contributed by atoms with Gasteiger partial charge in [-0.2, -0.15) is 5.10 Å². The molecule has 2 aromatic rings. The molecule has 2 rings (SSSR count). The number of rotatable bonds is 4. The Kier molecular flexibility index (Phi) is 4.29. The molecule has 0 aliphatic rings. The molecular weight excluding hydrogens is 321 g/mol. The quantitative estimate of drug-likeness (QED) is 0.589. The third kappa shape index (κ3) is 3.23. The van der Waals surface area contributed by atoms with Gasteiger partial charge in [0.15, 0.2) is 0 Å². The van der Waals surface area contributed by atoms with Crippen molar-refractivity contribution < 1.29 is 9.72 Å². The number of amides is 1. The molecule has 0 atom stereocenters. The van der Waals surface area contributed by atoms with Crippen LogP contribution in [-0.2, 0) is 0 Å². The zero-order valence-electron chi connectivity index (χ0n) is 10.6. The number of hydrogen-bond acceptors (Lipinski definition) is 5. The Morgan fingerprint density at radius 2 is 2.14 bits per heavy atom. The minimum Gasteiger partial charge on any atom is -0.297 e. The van der Waals surface area contributed by atoms with Crippen molar-refractivity contribution in [2.45, 2.75) is 6.92 Å². The van der Waals surface area contributed by atoms with E-state index in [9.17, 15) is 14.9 Å². The number of aromatic nitrogens is 2. The monoisotopic (exact) mass is 329 g/mol. The van der Waals surface area contributed by atoms with Gasteiger partial charge < -0.3 is 0 Å². The summed E-state index contributed by atoms with van der Waals surface area (Å²) < 4.78 is 0. The van der Waals surface area contributed by atoms with Crippen molar-refractivity contribution in [2.75, 3.05) is 5.43 Å². The van der Waals surface area contributed by atoms with Gasteiger partial charge in [0.25, 0.3) is 5.91 Å². The van der Waals surface area contributed by atoms with Gasteiger partial charge in [0.05, 0.1) is 15.6 Å². The molecule has 0 spiro atoms. The number of nitrogens with zero attached hydrogens (tertiary/aromatic N) is 2. The lowest BCUT2D eigenvalue weighted by molar-refractivity contribution is -0.385. The fraction of sp³-hybridized carbons (Fsp3) is 0.0909. The second-order valence-corrected chi connectivity index (χ2v) is 4.85. The van der Waals surface area contributed by atoms with Gasteiger partial charge in [0.2, 0.25) is 5.69 Å². The average molecular weight is 330 g/mol. The maximum absolute atomic E-state index is 11.9. The summed E-state index contributed by atoms with van der Waals surface area (Å²) in [6.45, 7) is 1.45. The minimum atomic E-state index is -0.776. The lowest BCUT2D eigenvalue weighted by atomic mass is 10.3. The number of hydrazine groups is 1. The van der Waals surface area contributed by atoms with E-state index in [1.807, 2.05) is 0 Å². The van der Waals surface area contributed by atoms with Crippen LogP contribution in [0.3, 0.4) is 0 Å². The normalized spacial score (nSPS) is 10.2. The molecule has 0 radical (unpaired) electrons. The topological polar surface area (TPSA) is 113 Å². The molecule has 21 heavy (non-hydrogen) atoms. The predicted octanol–water partition coefficient (Wildman–Crippen LogP) is 2.69. The molecule has 1 aromatic heterocycles. The van der Waals surface area contributed by atoms with E-state index < -0.39 is 10.8 Å². The van der Waals surface area contributed by atoms with Crippen molar-refractivity contribution in [1.82, 2.24) is 15.6 Å². The number of aryl methyl sites for hydroxylation is 1. The van der Waals surface area contributed by atoms with Gasteiger partial charge in [-0.05, 0) is 25.1 Å². The molecule has 0 bridgehead atoms. The van der Waals surface area contributed by atoms with E-state index >= 15 is 0 Å². The number of halogens is 2. The molecule has 0 unspecified atom stereocenters. The summed E-state index contributed by atoms with van der Waals surface area (Å²) in [7, 11) is 0. The molecule has 0 saturated carbocycles. The van der Waals surface area contributed by atoms with E-state index in [0.717, 1.165) is 0 Å². The first kappa shape index (κ1) is 15.1. The fourth-order valence-corrected chi connectivity index (χ4v) is 1.92. The van der Waals surface area contributed by atoms with Gasteiger partial charge >= 0.3 is 5.69 Å². The van der Waals surface area contributed by atoms with Crippen molar-refractivity contribution in [3.8, 4) is 0 Å². The summed E-state index contributed by atoms with van der Waals surface area (Å²) in [5.41, 5.74) is 4.63. The lowest BCUT2D eigenvalue weighted by Crippen LogP contribution is -2.30. The molecule has 10 heteroatoms. The zero-order chi connectivity index (χ0) is 15.6. The SMILES string of the molecule is Cc1[nH]nc(C(=O)NNc2cc(Cl)ccc2Cl)c1[N+](=O)[O-]. The first-order valence-corrected chi connectivity index (χ1v) is 6.36. The van der Waals surface area contributed by atoms with Crippen LogP contribution in [0, 0.1) is 17.0 Å². The maximum Gasteiger partial charge on any atom is 0.322 e. The summed E-state index contributed by atoms with van der Waals surface area (Å²) in [6.07, 6.45) is 0. The third-order valence-corrected chi connectivity index (χ3v) is 3.12. The van der Waals surface area contributed by atoms with E-state index in [0.29, 0.717) is 15.7 Å². The van der Waals surface area contributed by atoms with Gasteiger partial charge in [-0.1, -0.05) is 23.2 Å². The Morgan fingerprint density at radius 3 is 2.81 bits per heavy atom. The van der Waals surface area contributed by atoms with Gasteiger partial charge in [0, 0.05) is 5.02 Å². The molecule has 1 aromatic carbocycles. The van der Waals surface area contributed by atoms with Gasteiger partial charge in [0.1, 0.15) is 5.69 Å². The highest BCUT2D eigenvalue weighted by atomic mass is 35.5. The number of H-pyrrole nitrogens is 1. The van der Waals surface area contributed by atoms with Crippen molar-refractivity contribution in [3.05, 3.63) is 49.7 Å². The Labute approximate surface area is 128 Å². The largest absolute Gasteiger partial charge is 0.322 e. The van der Waals surface area contributed by atoms with Gasteiger partial charge in [-0.3, -0.25) is 30.9 Å². The standard InChI is InChI=1S/C11H9Cl2N5O3/c1-5-10(18(20)21)9(16-14-5)11(19)17-15-8-4-6(12)2-3-7(8)13/h2-4,15H,1H3,(H,14,16)(H,17,19). The molecule has 0 saturated heterocycles. The third-order valence-electron chi connectivity index (χ3n) is 2.55. The summed E-state index contributed by atoms with van der Waals surface area (Å²) in [5.74, 6) is -0.776. The van der Waals surface area contributed by atoms with E-state index in [1.54, 1.807) is 12.1 Å². The second kappa shape index (κ2) is 5.98. The first-order valence-electron chi connectivity index (χ1n) is 5.61. The highest BCUT2D eigenvalue weighted by Gasteiger charge is 2.27. The molecule has 8 nitrogen and oxygen atoms in total. The number of nitro groups is 1. The molecule has 1 amide bonds. The Bertz CT molecular complexity index is 716. The highest BCUT2D eigenvalue weighted by Crippen LogP contribution is 2.25. The second-order valence-electron chi connectivity index (χ2n) is 4.01. The van der Waals surface area contributed by atoms with Gasteiger partial charge in [-0.25, -0.2) is 0 Å². The molecule has 0 aliphatic heterocycles. The number of carbonyl (C=O) groups is 1. The Balaban J connectivity index is 2.16. The fourth-order valence-electron chi connectivity index (χ4n) is 1.58. The van der Waals surface area contributed by atoms with Crippen molar-refractivity contribution in [1.29, 1.82) is 0 Å². The van der Waals surface area contributed by atoms with Crippen molar-refractivity contribution in [3.63, 3.8) is 0 Å². The lowest BCUT2D eigenvalue weighted by Gasteiger charge is -2.09. The predicted molar refractivity (Wildman–Crippen MR) is 77.5 cm³/mol. The van der Waals surface area contributed by atoms with E-state index in [1.165, 1.54) is 13.0 Å². The summed E-state index contributed by atoms with van der Waals surface area (Å²) >= 11 is 11.7. The Hall–Kier alpha value is -2.32. The minimum absolute atomic E-state index is 0.186. The first-order chi connectivity index (χ1) is 9.90. The van der Waals surface area contributed by atoms with Crippen LogP contribution in [0.1, 0.15) is 16.2 Å². The van der Waals surface area contributed by atoms with Crippen LogP contribution in [-0.4, -0.2) is 21.0 Å². The summed E-state index contributed by atoms with van der Waals surface area (Å²) in [5, 5.41) is 17.6. The van der Waals surface area contributed by atoms with E-state index in [-0.39, 0.29) is 17.1 Å². The van der Waals surface area contributed by atoms with Crippen LogP contribution >= 0.6 is 23.2 Å². The number of carbonyl (C=O) groups excluding carboxylic acids is 1. The van der Waals surface area contributed by atoms with Crippen LogP contribution in [0.5, 0.6) is 0 Å². The van der Waals surface area contributed by atoms with Gasteiger partial charge in [-0.15, -0.1) is 0 Å². The van der Waals surface area contributed by atoms with Crippen LogP contribution in [0.25, 0.3) is 0 Å². The smallest absolute Gasteiger partial charge is 0.297 e. The number of aromatic amines is 1. The van der Waals surface area contributed by atoms with E-state index in [4.69, 9.17) is 23.2 Å². The maximum atomic E-state index is 11.9. The Morgan fingerprint density at radius 1 is 1.43 bits per heavy atom. The number of nitrogens with one attached hydrogen (secondary N) is 3. The molecule has 0 fully saturated rings. The number of benzene rings is 1. The van der Waals surface area contributed by atoms with E-state index in [2.05, 4.69) is 21.0 Å². The van der Waals surface area contributed by atoms with Crippen LogP contribution < -0.4 is 10.9 Å². The highest BCUT2D eigenvalue weighted by molar-refractivity contribution is 6.35. The van der Waals surface area contributed by atoms with Crippen molar-refractivity contribution in [2.24, 2.45) is 0 Å².